The van der Waals surface area contributed by atoms with Crippen LogP contribution in [0.3, 0.4) is 0 Å². The Morgan fingerprint density at radius 1 is 1.12 bits per heavy atom. The fourth-order valence-electron chi connectivity index (χ4n) is 3.46. The molecule has 2 amide bonds. The zero-order valence-corrected chi connectivity index (χ0v) is 20.9. The lowest BCUT2D eigenvalue weighted by Gasteiger charge is -2.30. The fourth-order valence-corrected chi connectivity index (χ4v) is 4.03. The number of rotatable bonds is 5. The molecule has 0 saturated carbocycles. The highest BCUT2D eigenvalue weighted by molar-refractivity contribution is 9.10. The molecule has 8 heteroatoms. The van der Waals surface area contributed by atoms with Crippen LogP contribution in [0.4, 0.5) is 5.69 Å². The summed E-state index contributed by atoms with van der Waals surface area (Å²) in [5.41, 5.74) is 1.71. The maximum absolute atomic E-state index is 12.8. The van der Waals surface area contributed by atoms with Crippen LogP contribution >= 0.6 is 28.1 Å². The molecule has 1 fully saturated rings. The van der Waals surface area contributed by atoms with Crippen molar-refractivity contribution in [1.29, 1.82) is 0 Å². The number of hydrogen-bond acceptors (Lipinski definition) is 4. The van der Waals surface area contributed by atoms with E-state index in [-0.39, 0.29) is 23.0 Å². The third-order valence-corrected chi connectivity index (χ3v) is 5.93. The van der Waals surface area contributed by atoms with Crippen LogP contribution < -0.4 is 15.4 Å². The van der Waals surface area contributed by atoms with E-state index in [0.717, 1.165) is 30.4 Å². The summed E-state index contributed by atoms with van der Waals surface area (Å²) in [7, 11) is 0. The van der Waals surface area contributed by atoms with Gasteiger partial charge in [-0.05, 0) is 87.3 Å². The molecule has 0 aliphatic carbocycles. The van der Waals surface area contributed by atoms with E-state index in [4.69, 9.17) is 17.0 Å². The van der Waals surface area contributed by atoms with Crippen LogP contribution in [0.2, 0.25) is 0 Å². The highest BCUT2D eigenvalue weighted by Gasteiger charge is 2.21. The van der Waals surface area contributed by atoms with E-state index in [9.17, 15) is 9.59 Å². The summed E-state index contributed by atoms with van der Waals surface area (Å²) >= 11 is 8.69. The van der Waals surface area contributed by atoms with Gasteiger partial charge in [0.1, 0.15) is 5.75 Å². The van der Waals surface area contributed by atoms with E-state index >= 15 is 0 Å². The van der Waals surface area contributed by atoms with Crippen LogP contribution in [0.25, 0.3) is 0 Å². The maximum atomic E-state index is 12.8. The average molecular weight is 518 g/mol. The summed E-state index contributed by atoms with van der Waals surface area (Å²) in [6.07, 6.45) is 2.02. The number of carbonyl (C=O) groups excluding carboxylic acids is 2. The number of hydrogen-bond donors (Lipinski definition) is 2. The molecular weight excluding hydrogens is 490 g/mol. The molecule has 1 aliphatic heterocycles. The molecule has 1 saturated heterocycles. The van der Waals surface area contributed by atoms with Crippen molar-refractivity contribution in [1.82, 2.24) is 10.2 Å². The molecule has 1 heterocycles. The van der Waals surface area contributed by atoms with Crippen molar-refractivity contribution in [2.24, 2.45) is 5.92 Å². The zero-order chi connectivity index (χ0) is 23.3. The normalized spacial score (nSPS) is 14.2. The highest BCUT2D eigenvalue weighted by atomic mass is 79.9. The van der Waals surface area contributed by atoms with E-state index < -0.39 is 0 Å². The van der Waals surface area contributed by atoms with E-state index in [0.29, 0.717) is 28.5 Å². The molecule has 1 aliphatic rings. The second-order valence-corrected chi connectivity index (χ2v) is 9.59. The number of ether oxygens (including phenoxy) is 1. The summed E-state index contributed by atoms with van der Waals surface area (Å²) in [6, 6.07) is 12.4. The van der Waals surface area contributed by atoms with Gasteiger partial charge in [-0.1, -0.05) is 22.9 Å². The predicted octanol–water partition coefficient (Wildman–Crippen LogP) is 5.24. The first-order valence-electron chi connectivity index (χ1n) is 10.7. The lowest BCUT2D eigenvalue weighted by molar-refractivity contribution is 0.0697. The Kier molecular flexibility index (Phi) is 8.26. The lowest BCUT2D eigenvalue weighted by atomic mass is 9.98. The number of amides is 2. The van der Waals surface area contributed by atoms with E-state index in [2.05, 4.69) is 33.5 Å². The van der Waals surface area contributed by atoms with Crippen LogP contribution in [0.15, 0.2) is 46.9 Å². The van der Waals surface area contributed by atoms with E-state index in [1.165, 1.54) is 0 Å². The molecule has 3 rings (SSSR count). The van der Waals surface area contributed by atoms with Gasteiger partial charge in [-0.3, -0.25) is 14.9 Å². The predicted molar refractivity (Wildman–Crippen MR) is 134 cm³/mol. The van der Waals surface area contributed by atoms with Crippen molar-refractivity contribution in [3.63, 3.8) is 0 Å². The molecule has 0 atom stereocenters. The monoisotopic (exact) mass is 517 g/mol. The highest BCUT2D eigenvalue weighted by Crippen LogP contribution is 2.24. The van der Waals surface area contributed by atoms with Crippen LogP contribution in [-0.4, -0.2) is 41.0 Å². The average Bonchev–Trinajstić information content (AvgIpc) is 2.75. The Morgan fingerprint density at radius 3 is 2.41 bits per heavy atom. The Balaban J connectivity index is 1.60. The van der Waals surface area contributed by atoms with Crippen LogP contribution in [-0.2, 0) is 0 Å². The van der Waals surface area contributed by atoms with Gasteiger partial charge < -0.3 is 15.0 Å². The molecule has 2 aromatic rings. The Morgan fingerprint density at radius 2 is 1.78 bits per heavy atom. The van der Waals surface area contributed by atoms with Gasteiger partial charge in [-0.2, -0.15) is 0 Å². The minimum absolute atomic E-state index is 0.0478. The molecule has 170 valence electrons. The lowest BCUT2D eigenvalue weighted by Crippen LogP contribution is -2.37. The second-order valence-electron chi connectivity index (χ2n) is 8.27. The number of nitrogens with one attached hydrogen (secondary N) is 2. The standard InChI is InChI=1S/C24H28BrN3O3S/c1-15(2)31-21-9-6-18(25)14-20(21)22(29)27-24(32)26-19-7-4-17(5-8-19)23(30)28-12-10-16(3)11-13-28/h4-9,14-16H,10-13H2,1-3H3,(H2,26,27,29,32). The molecular formula is C24H28BrN3O3S. The van der Waals surface area contributed by atoms with Gasteiger partial charge in [0.2, 0.25) is 0 Å². The van der Waals surface area contributed by atoms with Crippen molar-refractivity contribution in [3.05, 3.63) is 58.1 Å². The molecule has 0 aromatic heterocycles. The minimum Gasteiger partial charge on any atom is -0.490 e. The van der Waals surface area contributed by atoms with Crippen molar-refractivity contribution in [3.8, 4) is 5.75 Å². The SMILES string of the molecule is CC1CCN(C(=O)c2ccc(NC(=S)NC(=O)c3cc(Br)ccc3OC(C)C)cc2)CC1. The molecule has 0 radical (unpaired) electrons. The van der Waals surface area contributed by atoms with Crippen molar-refractivity contribution < 1.29 is 14.3 Å². The number of likely N-dealkylation sites (tertiary alicyclic amines) is 1. The Labute approximate surface area is 202 Å². The molecule has 2 N–H and O–H groups in total. The first-order valence-corrected chi connectivity index (χ1v) is 11.9. The molecule has 0 bridgehead atoms. The van der Waals surface area contributed by atoms with Gasteiger partial charge in [0.25, 0.3) is 11.8 Å². The number of anilines is 1. The van der Waals surface area contributed by atoms with Crippen molar-refractivity contribution >= 4 is 50.8 Å². The third-order valence-electron chi connectivity index (χ3n) is 5.24. The van der Waals surface area contributed by atoms with Crippen LogP contribution in [0, 0.1) is 5.92 Å². The zero-order valence-electron chi connectivity index (χ0n) is 18.5. The van der Waals surface area contributed by atoms with E-state index in [1.807, 2.05) is 24.8 Å². The van der Waals surface area contributed by atoms with Gasteiger partial charge in [-0.15, -0.1) is 0 Å². The second kappa shape index (κ2) is 10.9. The van der Waals surface area contributed by atoms with Gasteiger partial charge >= 0.3 is 0 Å². The first kappa shape index (κ1) is 24.2. The molecule has 2 aromatic carbocycles. The van der Waals surface area contributed by atoms with Crippen molar-refractivity contribution in [2.45, 2.75) is 39.7 Å². The number of thiocarbonyl (C=S) groups is 1. The molecule has 0 unspecified atom stereocenters. The largest absolute Gasteiger partial charge is 0.490 e. The Bertz CT molecular complexity index is 986. The fraction of sp³-hybridized carbons (Fsp3) is 0.375. The summed E-state index contributed by atoms with van der Waals surface area (Å²) < 4.78 is 6.50. The topological polar surface area (TPSA) is 70.7 Å². The maximum Gasteiger partial charge on any atom is 0.261 e. The quantitative estimate of drug-likeness (QED) is 0.531. The summed E-state index contributed by atoms with van der Waals surface area (Å²) in [5, 5.41) is 5.84. The number of halogens is 1. The molecule has 6 nitrogen and oxygen atoms in total. The smallest absolute Gasteiger partial charge is 0.261 e. The molecule has 32 heavy (non-hydrogen) atoms. The van der Waals surface area contributed by atoms with Gasteiger partial charge in [-0.25, -0.2) is 0 Å². The van der Waals surface area contributed by atoms with Crippen molar-refractivity contribution in [2.75, 3.05) is 18.4 Å². The van der Waals surface area contributed by atoms with Crippen LogP contribution in [0.5, 0.6) is 5.75 Å². The summed E-state index contributed by atoms with van der Waals surface area (Å²) in [4.78, 5) is 27.3. The number of nitrogens with zero attached hydrogens (tertiary/aromatic N) is 1. The minimum atomic E-state index is -0.370. The number of benzene rings is 2. The molecule has 0 spiro atoms. The summed E-state index contributed by atoms with van der Waals surface area (Å²) in [6.45, 7) is 7.62. The first-order chi connectivity index (χ1) is 15.2. The number of carbonyl (C=O) groups is 2. The Hall–Kier alpha value is -2.45. The van der Waals surface area contributed by atoms with Gasteiger partial charge in [0, 0.05) is 28.8 Å². The number of piperidine rings is 1. The van der Waals surface area contributed by atoms with E-state index in [1.54, 1.807) is 36.4 Å². The third kappa shape index (κ3) is 6.53. The van der Waals surface area contributed by atoms with Crippen LogP contribution in [0.1, 0.15) is 54.3 Å². The van der Waals surface area contributed by atoms with Gasteiger partial charge in [0.15, 0.2) is 5.11 Å². The van der Waals surface area contributed by atoms with Gasteiger partial charge in [0.05, 0.1) is 11.7 Å². The summed E-state index contributed by atoms with van der Waals surface area (Å²) in [5.74, 6) is 0.836.